The fourth-order valence-electron chi connectivity index (χ4n) is 1.04. The van der Waals surface area contributed by atoms with Crippen LogP contribution in [0.5, 0.6) is 0 Å². The van der Waals surface area contributed by atoms with Crippen molar-refractivity contribution in [2.24, 2.45) is 0 Å². The van der Waals surface area contributed by atoms with Crippen molar-refractivity contribution in [3.05, 3.63) is 35.9 Å². The molecule has 3 nitrogen and oxygen atoms in total. The Morgan fingerprint density at radius 2 is 1.64 bits per heavy atom. The molecule has 0 aromatic heterocycles. The third-order valence-electron chi connectivity index (χ3n) is 1.71. The lowest BCUT2D eigenvalue weighted by molar-refractivity contribution is 0.0165. The minimum atomic E-state index is -0.182. The first-order valence-electron chi connectivity index (χ1n) is 4.71. The molecule has 0 aliphatic rings. The van der Waals surface area contributed by atoms with Crippen LogP contribution in [0.1, 0.15) is 5.56 Å². The molecule has 14 heavy (non-hydrogen) atoms. The fraction of sp³-hybridized carbons (Fsp3) is 0.455. The molecule has 77 valence electrons. The molecular formula is C11H15O3. The van der Waals surface area contributed by atoms with Crippen LogP contribution in [0.25, 0.3) is 0 Å². The van der Waals surface area contributed by atoms with Gasteiger partial charge in [-0.15, -0.1) is 0 Å². The van der Waals surface area contributed by atoms with Crippen LogP contribution < -0.4 is 0 Å². The van der Waals surface area contributed by atoms with Crippen molar-refractivity contribution in [3.8, 4) is 0 Å². The lowest BCUT2D eigenvalue weighted by Crippen LogP contribution is -2.06. The predicted molar refractivity (Wildman–Crippen MR) is 52.5 cm³/mol. The van der Waals surface area contributed by atoms with E-state index < -0.39 is 0 Å². The maximum atomic E-state index is 10.0. The minimum Gasteiger partial charge on any atom is -0.377 e. The van der Waals surface area contributed by atoms with Gasteiger partial charge in [-0.2, -0.15) is 0 Å². The van der Waals surface area contributed by atoms with Gasteiger partial charge in [-0.25, -0.2) is 5.11 Å². The summed E-state index contributed by atoms with van der Waals surface area (Å²) in [5, 5.41) is 10.0. The van der Waals surface area contributed by atoms with Crippen LogP contribution in [0.4, 0.5) is 0 Å². The zero-order valence-electron chi connectivity index (χ0n) is 8.15. The van der Waals surface area contributed by atoms with Gasteiger partial charge in [-0.1, -0.05) is 30.3 Å². The molecule has 0 aliphatic heterocycles. The highest BCUT2D eigenvalue weighted by Crippen LogP contribution is 1.99. The summed E-state index contributed by atoms with van der Waals surface area (Å²) in [6.45, 7) is 1.72. The summed E-state index contributed by atoms with van der Waals surface area (Å²) < 4.78 is 10.3. The van der Waals surface area contributed by atoms with Crippen LogP contribution in [0.2, 0.25) is 0 Å². The number of hydrogen-bond donors (Lipinski definition) is 0. The number of hydrogen-bond acceptors (Lipinski definition) is 2. The molecule has 0 aliphatic carbocycles. The third-order valence-corrected chi connectivity index (χ3v) is 1.71. The van der Waals surface area contributed by atoms with Gasteiger partial charge in [0.05, 0.1) is 26.4 Å². The first-order chi connectivity index (χ1) is 6.93. The van der Waals surface area contributed by atoms with E-state index in [4.69, 9.17) is 9.47 Å². The van der Waals surface area contributed by atoms with Gasteiger partial charge in [0.1, 0.15) is 6.61 Å². The highest BCUT2D eigenvalue weighted by atomic mass is 16.5. The molecule has 0 unspecified atom stereocenters. The monoisotopic (exact) mass is 195 g/mol. The van der Waals surface area contributed by atoms with Crippen LogP contribution in [0.15, 0.2) is 30.3 Å². The number of rotatable bonds is 7. The standard InChI is InChI=1S/C11H15O3/c12-6-7-13-8-9-14-10-11-4-2-1-3-5-11/h1-5H,6-10H2. The average Bonchev–Trinajstić information content (AvgIpc) is 2.25. The highest BCUT2D eigenvalue weighted by Gasteiger charge is 1.91. The molecule has 0 saturated heterocycles. The Kier molecular flexibility index (Phi) is 5.99. The summed E-state index contributed by atoms with van der Waals surface area (Å²) in [4.78, 5) is 0. The molecule has 0 heterocycles. The highest BCUT2D eigenvalue weighted by molar-refractivity contribution is 5.13. The molecule has 1 aromatic carbocycles. The average molecular weight is 195 g/mol. The molecule has 0 atom stereocenters. The predicted octanol–water partition coefficient (Wildman–Crippen LogP) is 1.65. The van der Waals surface area contributed by atoms with Crippen molar-refractivity contribution in [2.45, 2.75) is 6.61 Å². The van der Waals surface area contributed by atoms with Crippen molar-refractivity contribution in [1.82, 2.24) is 0 Å². The summed E-state index contributed by atoms with van der Waals surface area (Å²) in [5.41, 5.74) is 1.15. The van der Waals surface area contributed by atoms with Crippen LogP contribution in [-0.4, -0.2) is 26.4 Å². The normalized spacial score (nSPS) is 10.4. The van der Waals surface area contributed by atoms with Gasteiger partial charge in [0, 0.05) is 0 Å². The van der Waals surface area contributed by atoms with Gasteiger partial charge in [0.2, 0.25) is 0 Å². The molecule has 0 amide bonds. The molecule has 0 saturated carbocycles. The maximum Gasteiger partial charge on any atom is 0.106 e. The van der Waals surface area contributed by atoms with Crippen LogP contribution in [-0.2, 0) is 21.2 Å². The number of benzene rings is 1. The Hall–Kier alpha value is -0.900. The van der Waals surface area contributed by atoms with Crippen molar-refractivity contribution in [1.29, 1.82) is 0 Å². The molecular weight excluding hydrogens is 180 g/mol. The van der Waals surface area contributed by atoms with Gasteiger partial charge < -0.3 is 9.47 Å². The molecule has 3 heteroatoms. The zero-order valence-corrected chi connectivity index (χ0v) is 8.15. The van der Waals surface area contributed by atoms with Gasteiger partial charge >= 0.3 is 0 Å². The Morgan fingerprint density at radius 3 is 2.36 bits per heavy atom. The Labute approximate surface area is 84.3 Å². The van der Waals surface area contributed by atoms with Gasteiger partial charge in [0.25, 0.3) is 0 Å². The Bertz CT molecular complexity index is 223. The first-order valence-corrected chi connectivity index (χ1v) is 4.71. The van der Waals surface area contributed by atoms with E-state index in [0.717, 1.165) is 5.56 Å². The van der Waals surface area contributed by atoms with Crippen LogP contribution >= 0.6 is 0 Å². The largest absolute Gasteiger partial charge is 0.377 e. The first kappa shape index (κ1) is 11.2. The lowest BCUT2D eigenvalue weighted by atomic mass is 10.2. The van der Waals surface area contributed by atoms with E-state index in [1.54, 1.807) is 0 Å². The fourth-order valence-corrected chi connectivity index (χ4v) is 1.04. The SMILES string of the molecule is [O]CCOCCOCc1ccccc1. The Balaban J connectivity index is 1.99. The van der Waals surface area contributed by atoms with E-state index in [2.05, 4.69) is 0 Å². The van der Waals surface area contributed by atoms with E-state index >= 15 is 0 Å². The molecule has 1 aromatic rings. The summed E-state index contributed by atoms with van der Waals surface area (Å²) in [6.07, 6.45) is 0. The quantitative estimate of drug-likeness (QED) is 0.620. The smallest absolute Gasteiger partial charge is 0.106 e. The second-order valence-electron chi connectivity index (χ2n) is 2.85. The maximum absolute atomic E-state index is 10.0. The lowest BCUT2D eigenvalue weighted by Gasteiger charge is -2.04. The van der Waals surface area contributed by atoms with Crippen molar-refractivity contribution in [2.75, 3.05) is 26.4 Å². The van der Waals surface area contributed by atoms with Gasteiger partial charge in [-0.3, -0.25) is 0 Å². The summed E-state index contributed by atoms with van der Waals surface area (Å²) >= 11 is 0. The molecule has 0 spiro atoms. The molecule has 1 radical (unpaired) electrons. The van der Waals surface area contributed by atoms with Crippen molar-refractivity contribution >= 4 is 0 Å². The van der Waals surface area contributed by atoms with E-state index in [0.29, 0.717) is 19.8 Å². The second kappa shape index (κ2) is 7.50. The molecule has 0 bridgehead atoms. The molecule has 1 rings (SSSR count). The summed E-state index contributed by atoms with van der Waals surface area (Å²) in [6, 6.07) is 9.96. The van der Waals surface area contributed by atoms with E-state index in [1.807, 2.05) is 30.3 Å². The van der Waals surface area contributed by atoms with Gasteiger partial charge in [-0.05, 0) is 5.56 Å². The Morgan fingerprint density at radius 1 is 0.929 bits per heavy atom. The van der Waals surface area contributed by atoms with Gasteiger partial charge in [0.15, 0.2) is 0 Å². The second-order valence-corrected chi connectivity index (χ2v) is 2.85. The zero-order chi connectivity index (χ0) is 10.1. The number of ether oxygens (including phenoxy) is 2. The van der Waals surface area contributed by atoms with Crippen molar-refractivity contribution < 1.29 is 14.6 Å². The summed E-state index contributed by atoms with van der Waals surface area (Å²) in [7, 11) is 0. The van der Waals surface area contributed by atoms with E-state index in [9.17, 15) is 5.11 Å². The minimum absolute atomic E-state index is 0.182. The van der Waals surface area contributed by atoms with Crippen LogP contribution in [0.3, 0.4) is 0 Å². The van der Waals surface area contributed by atoms with Crippen molar-refractivity contribution in [3.63, 3.8) is 0 Å². The topological polar surface area (TPSA) is 38.4 Å². The van der Waals surface area contributed by atoms with E-state index in [-0.39, 0.29) is 13.2 Å². The molecule has 0 N–H and O–H groups in total. The summed E-state index contributed by atoms with van der Waals surface area (Å²) in [5.74, 6) is 0. The molecule has 0 fully saturated rings. The third kappa shape index (κ3) is 4.97. The van der Waals surface area contributed by atoms with Crippen LogP contribution in [0, 0.1) is 0 Å². The van der Waals surface area contributed by atoms with E-state index in [1.165, 1.54) is 0 Å².